The molecular weight excluding hydrogens is 186 g/mol. The highest BCUT2D eigenvalue weighted by Gasteiger charge is 2.03. The standard InChI is InChI=1S/C9H10ClN3/c1-7(12-13-11)6-8-4-2-3-5-9(8)10/h2-5,7H,6H2,1H3/t7-/m1/s1. The van der Waals surface area contributed by atoms with Crippen molar-refractivity contribution in [2.75, 3.05) is 0 Å². The number of rotatable bonds is 3. The third-order valence-corrected chi connectivity index (χ3v) is 2.09. The lowest BCUT2D eigenvalue weighted by Crippen LogP contribution is -2.01. The average Bonchev–Trinajstić information content (AvgIpc) is 2.09. The van der Waals surface area contributed by atoms with E-state index in [4.69, 9.17) is 17.1 Å². The van der Waals surface area contributed by atoms with Gasteiger partial charge in [0.2, 0.25) is 0 Å². The summed E-state index contributed by atoms with van der Waals surface area (Å²) in [7, 11) is 0. The molecule has 0 unspecified atom stereocenters. The molecule has 68 valence electrons. The molecule has 0 aromatic heterocycles. The summed E-state index contributed by atoms with van der Waals surface area (Å²) in [4.78, 5) is 2.74. The first-order valence-electron chi connectivity index (χ1n) is 4.01. The molecule has 1 rings (SSSR count). The Balaban J connectivity index is 2.74. The lowest BCUT2D eigenvalue weighted by atomic mass is 10.1. The minimum absolute atomic E-state index is 0.0510. The van der Waals surface area contributed by atoms with Gasteiger partial charge in [0.05, 0.1) is 0 Å². The summed E-state index contributed by atoms with van der Waals surface area (Å²) in [6.45, 7) is 1.86. The molecule has 0 radical (unpaired) electrons. The highest BCUT2D eigenvalue weighted by Crippen LogP contribution is 2.17. The second kappa shape index (κ2) is 4.75. The number of benzene rings is 1. The van der Waals surface area contributed by atoms with Crippen LogP contribution in [0.5, 0.6) is 0 Å². The van der Waals surface area contributed by atoms with Crippen molar-refractivity contribution in [1.82, 2.24) is 0 Å². The molecule has 0 aliphatic heterocycles. The van der Waals surface area contributed by atoms with Crippen LogP contribution >= 0.6 is 11.6 Å². The minimum Gasteiger partial charge on any atom is -0.0906 e. The van der Waals surface area contributed by atoms with Crippen molar-refractivity contribution < 1.29 is 0 Å². The molecule has 0 heterocycles. The molecule has 3 nitrogen and oxygen atoms in total. The van der Waals surface area contributed by atoms with Gasteiger partial charge in [-0.25, -0.2) is 0 Å². The zero-order chi connectivity index (χ0) is 9.68. The molecule has 0 saturated heterocycles. The van der Waals surface area contributed by atoms with Gasteiger partial charge < -0.3 is 0 Å². The van der Waals surface area contributed by atoms with Crippen LogP contribution in [0.1, 0.15) is 12.5 Å². The van der Waals surface area contributed by atoms with Gasteiger partial charge in [-0.1, -0.05) is 41.8 Å². The molecule has 0 amide bonds. The molecule has 0 fully saturated rings. The fourth-order valence-corrected chi connectivity index (χ4v) is 1.32. The van der Waals surface area contributed by atoms with E-state index >= 15 is 0 Å². The number of azide groups is 1. The molecule has 4 heteroatoms. The van der Waals surface area contributed by atoms with E-state index in [0.29, 0.717) is 6.42 Å². The normalized spacial score (nSPS) is 11.8. The Bertz CT molecular complexity index is 331. The van der Waals surface area contributed by atoms with Gasteiger partial charge in [-0.3, -0.25) is 0 Å². The first-order valence-corrected chi connectivity index (χ1v) is 4.39. The quantitative estimate of drug-likeness (QED) is 0.402. The van der Waals surface area contributed by atoms with Gasteiger partial charge in [-0.15, -0.1) is 0 Å². The first-order chi connectivity index (χ1) is 6.24. The summed E-state index contributed by atoms with van der Waals surface area (Å²) in [5.41, 5.74) is 9.23. The van der Waals surface area contributed by atoms with Gasteiger partial charge in [0.25, 0.3) is 0 Å². The molecule has 0 aliphatic rings. The van der Waals surface area contributed by atoms with Crippen LogP contribution in [0.15, 0.2) is 29.4 Å². The van der Waals surface area contributed by atoms with Crippen molar-refractivity contribution in [3.63, 3.8) is 0 Å². The van der Waals surface area contributed by atoms with E-state index in [9.17, 15) is 0 Å². The van der Waals surface area contributed by atoms with Gasteiger partial charge in [0.1, 0.15) is 0 Å². The zero-order valence-electron chi connectivity index (χ0n) is 7.31. The van der Waals surface area contributed by atoms with Gasteiger partial charge in [-0.05, 0) is 23.6 Å². The fourth-order valence-electron chi connectivity index (χ4n) is 1.11. The summed E-state index contributed by atoms with van der Waals surface area (Å²) in [6.07, 6.45) is 0.684. The van der Waals surface area contributed by atoms with E-state index in [0.717, 1.165) is 10.6 Å². The maximum Gasteiger partial charge on any atom is 0.0438 e. The van der Waals surface area contributed by atoms with Crippen LogP contribution < -0.4 is 0 Å². The van der Waals surface area contributed by atoms with Gasteiger partial charge >= 0.3 is 0 Å². The zero-order valence-corrected chi connectivity index (χ0v) is 8.07. The molecule has 0 saturated carbocycles. The van der Waals surface area contributed by atoms with E-state index in [1.807, 2.05) is 31.2 Å². The summed E-state index contributed by atoms with van der Waals surface area (Å²) in [5, 5.41) is 4.31. The van der Waals surface area contributed by atoms with Gasteiger partial charge in [-0.2, -0.15) is 0 Å². The van der Waals surface area contributed by atoms with Crippen LogP contribution in [0.4, 0.5) is 0 Å². The van der Waals surface area contributed by atoms with Crippen LogP contribution in [0.25, 0.3) is 10.4 Å². The number of hydrogen-bond donors (Lipinski definition) is 0. The van der Waals surface area contributed by atoms with Crippen LogP contribution in [0.2, 0.25) is 5.02 Å². The predicted octanol–water partition coefficient (Wildman–Crippen LogP) is 3.58. The summed E-state index contributed by atoms with van der Waals surface area (Å²) >= 11 is 5.93. The predicted molar refractivity (Wildman–Crippen MR) is 53.8 cm³/mol. The largest absolute Gasteiger partial charge is 0.0906 e. The second-order valence-electron chi connectivity index (χ2n) is 2.85. The Kier molecular flexibility index (Phi) is 3.62. The Morgan fingerprint density at radius 3 is 2.85 bits per heavy atom. The van der Waals surface area contributed by atoms with Gasteiger partial charge in [0.15, 0.2) is 0 Å². The van der Waals surface area contributed by atoms with Crippen molar-refractivity contribution >= 4 is 11.6 Å². The van der Waals surface area contributed by atoms with Crippen molar-refractivity contribution in [1.29, 1.82) is 0 Å². The summed E-state index contributed by atoms with van der Waals surface area (Å²) < 4.78 is 0. The smallest absolute Gasteiger partial charge is 0.0438 e. The lowest BCUT2D eigenvalue weighted by Gasteiger charge is -2.05. The van der Waals surface area contributed by atoms with Crippen LogP contribution in [0.3, 0.4) is 0 Å². The molecule has 0 spiro atoms. The van der Waals surface area contributed by atoms with E-state index in [2.05, 4.69) is 10.0 Å². The summed E-state index contributed by atoms with van der Waals surface area (Å²) in [6, 6.07) is 7.52. The minimum atomic E-state index is -0.0510. The first kappa shape index (κ1) is 9.90. The Labute approximate surface area is 82.0 Å². The van der Waals surface area contributed by atoms with Crippen LogP contribution in [-0.2, 0) is 6.42 Å². The molecule has 1 atom stereocenters. The third-order valence-electron chi connectivity index (χ3n) is 1.72. The maximum atomic E-state index is 8.21. The van der Waals surface area contributed by atoms with Crippen molar-refractivity contribution in [2.45, 2.75) is 19.4 Å². The Morgan fingerprint density at radius 1 is 1.54 bits per heavy atom. The average molecular weight is 196 g/mol. The van der Waals surface area contributed by atoms with Crippen LogP contribution in [-0.4, -0.2) is 6.04 Å². The Morgan fingerprint density at radius 2 is 2.23 bits per heavy atom. The molecule has 1 aromatic carbocycles. The van der Waals surface area contributed by atoms with E-state index < -0.39 is 0 Å². The highest BCUT2D eigenvalue weighted by molar-refractivity contribution is 6.31. The topological polar surface area (TPSA) is 48.8 Å². The third kappa shape index (κ3) is 2.98. The number of hydrogen-bond acceptors (Lipinski definition) is 1. The second-order valence-corrected chi connectivity index (χ2v) is 3.26. The number of nitrogens with zero attached hydrogens (tertiary/aromatic N) is 3. The molecule has 1 aromatic rings. The molecular formula is C9H10ClN3. The van der Waals surface area contributed by atoms with E-state index in [1.165, 1.54) is 0 Å². The lowest BCUT2D eigenvalue weighted by molar-refractivity contribution is 0.731. The monoisotopic (exact) mass is 195 g/mol. The highest BCUT2D eigenvalue weighted by atomic mass is 35.5. The number of halogens is 1. The Hall–Kier alpha value is -1.18. The van der Waals surface area contributed by atoms with Crippen molar-refractivity contribution in [3.8, 4) is 0 Å². The van der Waals surface area contributed by atoms with E-state index in [-0.39, 0.29) is 6.04 Å². The molecule has 0 N–H and O–H groups in total. The van der Waals surface area contributed by atoms with Crippen molar-refractivity contribution in [3.05, 3.63) is 45.3 Å². The van der Waals surface area contributed by atoms with E-state index in [1.54, 1.807) is 0 Å². The van der Waals surface area contributed by atoms with Crippen LogP contribution in [0, 0.1) is 0 Å². The molecule has 13 heavy (non-hydrogen) atoms. The maximum absolute atomic E-state index is 8.21. The molecule has 0 bridgehead atoms. The fraction of sp³-hybridized carbons (Fsp3) is 0.333. The molecule has 0 aliphatic carbocycles. The van der Waals surface area contributed by atoms with Gasteiger partial charge in [0, 0.05) is 16.0 Å². The SMILES string of the molecule is C[C@H](Cc1ccccc1Cl)N=[N+]=[N-]. The summed E-state index contributed by atoms with van der Waals surface area (Å²) in [5.74, 6) is 0. The van der Waals surface area contributed by atoms with Crippen molar-refractivity contribution in [2.24, 2.45) is 5.11 Å².